The quantitative estimate of drug-likeness (QED) is 0.710. The third kappa shape index (κ3) is 3.23. The second-order valence-electron chi connectivity index (χ2n) is 4.95. The summed E-state index contributed by atoms with van der Waals surface area (Å²) in [5.74, 6) is -0.104. The summed E-state index contributed by atoms with van der Waals surface area (Å²) < 4.78 is 0. The minimum Gasteiger partial charge on any atom is -0.383 e. The fourth-order valence-electron chi connectivity index (χ4n) is 2.35. The van der Waals surface area contributed by atoms with Crippen molar-refractivity contribution in [3.05, 3.63) is 72.6 Å². The molecule has 0 saturated heterocycles. The molecule has 1 amide bonds. The van der Waals surface area contributed by atoms with Crippen molar-refractivity contribution in [1.82, 2.24) is 10.3 Å². The van der Waals surface area contributed by atoms with Crippen molar-refractivity contribution in [2.24, 2.45) is 0 Å². The van der Waals surface area contributed by atoms with Crippen molar-refractivity contribution in [3.8, 4) is 0 Å². The van der Waals surface area contributed by atoms with Gasteiger partial charge in [-0.2, -0.15) is 0 Å². The zero-order chi connectivity index (χ0) is 15.2. The van der Waals surface area contributed by atoms with Gasteiger partial charge in [-0.1, -0.05) is 36.4 Å². The molecule has 0 radical (unpaired) electrons. The summed E-state index contributed by atoms with van der Waals surface area (Å²) in [6.07, 6.45) is 3.21. The third-order valence-corrected chi connectivity index (χ3v) is 3.44. The minimum atomic E-state index is -0.104. The molecule has 2 N–H and O–H groups in total. The second kappa shape index (κ2) is 6.72. The van der Waals surface area contributed by atoms with Gasteiger partial charge < -0.3 is 10.6 Å². The highest BCUT2D eigenvalue weighted by molar-refractivity contribution is 5.94. The molecule has 22 heavy (non-hydrogen) atoms. The maximum atomic E-state index is 11.9. The Morgan fingerprint density at radius 2 is 1.82 bits per heavy atom. The summed E-state index contributed by atoms with van der Waals surface area (Å²) in [5.41, 5.74) is 1.65. The standard InChI is InChI=1S/C18H17N3O/c22-18(15-7-4-10-19-13-15)21-12-11-20-17-9-3-6-14-5-1-2-8-16(14)17/h1-10,13,20H,11-12H2,(H,21,22). The number of benzene rings is 2. The first-order valence-electron chi connectivity index (χ1n) is 7.24. The van der Waals surface area contributed by atoms with E-state index in [1.54, 1.807) is 24.5 Å². The monoisotopic (exact) mass is 291 g/mol. The number of carbonyl (C=O) groups excluding carboxylic acids is 1. The molecule has 2 aromatic carbocycles. The molecule has 0 unspecified atom stereocenters. The first kappa shape index (κ1) is 14.1. The SMILES string of the molecule is O=C(NCCNc1cccc2ccccc12)c1cccnc1. The van der Waals surface area contributed by atoms with Gasteiger partial charge >= 0.3 is 0 Å². The number of pyridine rings is 1. The van der Waals surface area contributed by atoms with E-state index in [0.29, 0.717) is 18.7 Å². The summed E-state index contributed by atoms with van der Waals surface area (Å²) >= 11 is 0. The number of anilines is 1. The fourth-order valence-corrected chi connectivity index (χ4v) is 2.35. The zero-order valence-corrected chi connectivity index (χ0v) is 12.1. The van der Waals surface area contributed by atoms with Crippen LogP contribution in [0.1, 0.15) is 10.4 Å². The first-order chi connectivity index (χ1) is 10.8. The highest BCUT2D eigenvalue weighted by Crippen LogP contribution is 2.22. The highest BCUT2D eigenvalue weighted by Gasteiger charge is 2.04. The lowest BCUT2D eigenvalue weighted by Crippen LogP contribution is -2.28. The lowest BCUT2D eigenvalue weighted by atomic mass is 10.1. The van der Waals surface area contributed by atoms with Crippen molar-refractivity contribution in [2.45, 2.75) is 0 Å². The van der Waals surface area contributed by atoms with Crippen LogP contribution in [-0.2, 0) is 0 Å². The zero-order valence-electron chi connectivity index (χ0n) is 12.1. The Morgan fingerprint density at radius 3 is 2.68 bits per heavy atom. The van der Waals surface area contributed by atoms with Crippen molar-refractivity contribution in [3.63, 3.8) is 0 Å². The number of nitrogens with zero attached hydrogens (tertiary/aromatic N) is 1. The lowest BCUT2D eigenvalue weighted by molar-refractivity contribution is 0.0955. The van der Waals surface area contributed by atoms with Crippen LogP contribution in [0.3, 0.4) is 0 Å². The van der Waals surface area contributed by atoms with Gasteiger partial charge in [-0.15, -0.1) is 0 Å². The Hall–Kier alpha value is -2.88. The third-order valence-electron chi connectivity index (χ3n) is 3.44. The Kier molecular flexibility index (Phi) is 4.30. The number of carbonyl (C=O) groups is 1. The maximum Gasteiger partial charge on any atom is 0.252 e. The predicted molar refractivity (Wildman–Crippen MR) is 89.0 cm³/mol. The fraction of sp³-hybridized carbons (Fsp3) is 0.111. The van der Waals surface area contributed by atoms with Crippen LogP contribution in [-0.4, -0.2) is 24.0 Å². The molecule has 0 atom stereocenters. The number of hydrogen-bond donors (Lipinski definition) is 2. The molecule has 4 heteroatoms. The summed E-state index contributed by atoms with van der Waals surface area (Å²) in [6.45, 7) is 1.22. The molecule has 0 aliphatic rings. The van der Waals surface area contributed by atoms with Crippen LogP contribution < -0.4 is 10.6 Å². The topological polar surface area (TPSA) is 54.0 Å². The van der Waals surface area contributed by atoms with E-state index in [4.69, 9.17) is 0 Å². The Balaban J connectivity index is 1.56. The molecule has 0 aliphatic carbocycles. The molecule has 1 aromatic heterocycles. The smallest absolute Gasteiger partial charge is 0.252 e. The molecule has 110 valence electrons. The predicted octanol–water partition coefficient (Wildman–Crippen LogP) is 3.08. The minimum absolute atomic E-state index is 0.104. The highest BCUT2D eigenvalue weighted by atomic mass is 16.1. The first-order valence-corrected chi connectivity index (χ1v) is 7.24. The van der Waals surface area contributed by atoms with Crippen molar-refractivity contribution in [2.75, 3.05) is 18.4 Å². The van der Waals surface area contributed by atoms with Gasteiger partial charge in [0.2, 0.25) is 0 Å². The van der Waals surface area contributed by atoms with Crippen LogP contribution >= 0.6 is 0 Å². The average Bonchev–Trinajstić information content (AvgIpc) is 2.59. The van der Waals surface area contributed by atoms with Crippen LogP contribution in [0, 0.1) is 0 Å². The molecule has 0 saturated carbocycles. The van der Waals surface area contributed by atoms with E-state index in [1.807, 2.05) is 24.3 Å². The number of rotatable bonds is 5. The van der Waals surface area contributed by atoms with Crippen LogP contribution in [0.4, 0.5) is 5.69 Å². The van der Waals surface area contributed by atoms with Crippen molar-refractivity contribution in [1.29, 1.82) is 0 Å². The van der Waals surface area contributed by atoms with Crippen LogP contribution in [0.2, 0.25) is 0 Å². The number of hydrogen-bond acceptors (Lipinski definition) is 3. The van der Waals surface area contributed by atoms with E-state index in [0.717, 1.165) is 5.69 Å². The lowest BCUT2D eigenvalue weighted by Gasteiger charge is -2.10. The molecule has 4 nitrogen and oxygen atoms in total. The number of aromatic nitrogens is 1. The van der Waals surface area contributed by atoms with Crippen molar-refractivity contribution < 1.29 is 4.79 Å². The molecule has 0 aliphatic heterocycles. The molecular weight excluding hydrogens is 274 g/mol. The molecule has 0 fully saturated rings. The van der Waals surface area contributed by atoms with Gasteiger partial charge in [0.15, 0.2) is 0 Å². The van der Waals surface area contributed by atoms with E-state index in [1.165, 1.54) is 10.8 Å². The van der Waals surface area contributed by atoms with E-state index in [-0.39, 0.29) is 5.91 Å². The van der Waals surface area contributed by atoms with Gasteiger partial charge in [0, 0.05) is 36.6 Å². The largest absolute Gasteiger partial charge is 0.383 e. The van der Waals surface area contributed by atoms with Crippen molar-refractivity contribution >= 4 is 22.4 Å². The van der Waals surface area contributed by atoms with E-state index < -0.39 is 0 Å². The maximum absolute atomic E-state index is 11.9. The van der Waals surface area contributed by atoms with E-state index in [2.05, 4.69) is 33.8 Å². The van der Waals surface area contributed by atoms with Gasteiger partial charge in [0.05, 0.1) is 5.56 Å². The summed E-state index contributed by atoms with van der Waals surface area (Å²) in [5, 5.41) is 8.62. The summed E-state index contributed by atoms with van der Waals surface area (Å²) in [4.78, 5) is 15.8. The van der Waals surface area contributed by atoms with Gasteiger partial charge in [0.25, 0.3) is 5.91 Å². The van der Waals surface area contributed by atoms with Gasteiger partial charge in [-0.25, -0.2) is 0 Å². The second-order valence-corrected chi connectivity index (χ2v) is 4.95. The number of nitrogens with one attached hydrogen (secondary N) is 2. The normalized spacial score (nSPS) is 10.4. The summed E-state index contributed by atoms with van der Waals surface area (Å²) in [7, 11) is 0. The molecule has 0 bridgehead atoms. The Morgan fingerprint density at radius 1 is 0.955 bits per heavy atom. The Labute approximate surface area is 129 Å². The van der Waals surface area contributed by atoms with Crippen LogP contribution in [0.5, 0.6) is 0 Å². The number of amides is 1. The summed E-state index contributed by atoms with van der Waals surface area (Å²) in [6, 6.07) is 17.9. The van der Waals surface area contributed by atoms with Gasteiger partial charge in [-0.3, -0.25) is 9.78 Å². The van der Waals surface area contributed by atoms with E-state index >= 15 is 0 Å². The van der Waals surface area contributed by atoms with Crippen LogP contribution in [0.15, 0.2) is 67.0 Å². The van der Waals surface area contributed by atoms with Gasteiger partial charge in [-0.05, 0) is 23.6 Å². The molecule has 1 heterocycles. The van der Waals surface area contributed by atoms with Gasteiger partial charge in [0.1, 0.15) is 0 Å². The average molecular weight is 291 g/mol. The molecule has 0 spiro atoms. The van der Waals surface area contributed by atoms with E-state index in [9.17, 15) is 4.79 Å². The molecule has 3 rings (SSSR count). The Bertz CT molecular complexity index is 766. The number of fused-ring (bicyclic) bond motifs is 1. The molecule has 3 aromatic rings. The molecular formula is C18H17N3O. The van der Waals surface area contributed by atoms with Crippen LogP contribution in [0.25, 0.3) is 10.8 Å².